The van der Waals surface area contributed by atoms with E-state index in [4.69, 9.17) is 10.2 Å². The van der Waals surface area contributed by atoms with E-state index in [9.17, 15) is 0 Å². The van der Waals surface area contributed by atoms with Gasteiger partial charge in [-0.25, -0.2) is 4.98 Å². The molecule has 0 saturated heterocycles. The van der Waals surface area contributed by atoms with Crippen LogP contribution in [0.15, 0.2) is 54.6 Å². The van der Waals surface area contributed by atoms with Crippen LogP contribution >= 0.6 is 0 Å². The number of para-hydroxylation sites is 1. The van der Waals surface area contributed by atoms with Crippen molar-refractivity contribution in [3.63, 3.8) is 0 Å². The maximum absolute atomic E-state index is 9.03. The van der Waals surface area contributed by atoms with E-state index in [2.05, 4.69) is 25.1 Å². The number of anilines is 2. The van der Waals surface area contributed by atoms with E-state index in [1.165, 1.54) is 0 Å². The molecule has 0 saturated carbocycles. The second-order valence-electron chi connectivity index (χ2n) is 5.04. The van der Waals surface area contributed by atoms with Gasteiger partial charge in [-0.2, -0.15) is 5.26 Å². The highest BCUT2D eigenvalue weighted by Gasteiger charge is 2.10. The van der Waals surface area contributed by atoms with Crippen LogP contribution in [0, 0.1) is 18.3 Å². The van der Waals surface area contributed by atoms with Gasteiger partial charge in [0.2, 0.25) is 0 Å². The van der Waals surface area contributed by atoms with Crippen LogP contribution in [-0.2, 0) is 0 Å². The normalized spacial score (nSPS) is 10.3. The quantitative estimate of drug-likeness (QED) is 0.703. The van der Waals surface area contributed by atoms with Gasteiger partial charge in [-0.1, -0.05) is 24.3 Å². The summed E-state index contributed by atoms with van der Waals surface area (Å²) in [6.45, 7) is 2.05. The van der Waals surface area contributed by atoms with Crippen LogP contribution < -0.4 is 4.90 Å². The monoisotopic (exact) mass is 273 g/mol. The molecule has 0 radical (unpaired) electrons. The van der Waals surface area contributed by atoms with Crippen LogP contribution in [0.5, 0.6) is 0 Å². The van der Waals surface area contributed by atoms with Crippen molar-refractivity contribution >= 4 is 22.4 Å². The predicted molar refractivity (Wildman–Crippen MR) is 85.7 cm³/mol. The maximum atomic E-state index is 9.03. The molecule has 0 aliphatic rings. The summed E-state index contributed by atoms with van der Waals surface area (Å²) < 4.78 is 0. The third kappa shape index (κ3) is 2.44. The lowest BCUT2D eigenvalue weighted by Crippen LogP contribution is -2.13. The van der Waals surface area contributed by atoms with Crippen molar-refractivity contribution < 1.29 is 0 Å². The Morgan fingerprint density at radius 3 is 2.67 bits per heavy atom. The number of aromatic nitrogens is 1. The SMILES string of the molecule is Cc1cc2ccccc2nc1N(C)c1cccc(C#N)c1. The first kappa shape index (κ1) is 13.1. The van der Waals surface area contributed by atoms with E-state index in [-0.39, 0.29) is 0 Å². The summed E-state index contributed by atoms with van der Waals surface area (Å²) in [6, 6.07) is 19.9. The van der Waals surface area contributed by atoms with E-state index >= 15 is 0 Å². The van der Waals surface area contributed by atoms with Gasteiger partial charge in [0.15, 0.2) is 0 Å². The molecule has 3 aromatic rings. The summed E-state index contributed by atoms with van der Waals surface area (Å²) in [5.74, 6) is 0.906. The average molecular weight is 273 g/mol. The fourth-order valence-corrected chi connectivity index (χ4v) is 2.46. The summed E-state index contributed by atoms with van der Waals surface area (Å²) >= 11 is 0. The number of nitriles is 1. The predicted octanol–water partition coefficient (Wildman–Crippen LogP) is 4.18. The van der Waals surface area contributed by atoms with Crippen LogP contribution in [0.2, 0.25) is 0 Å². The molecule has 0 aliphatic heterocycles. The smallest absolute Gasteiger partial charge is 0.136 e. The molecule has 1 heterocycles. The fraction of sp³-hybridized carbons (Fsp3) is 0.111. The van der Waals surface area contributed by atoms with E-state index in [1.54, 1.807) is 6.07 Å². The maximum Gasteiger partial charge on any atom is 0.136 e. The number of nitrogens with zero attached hydrogens (tertiary/aromatic N) is 3. The van der Waals surface area contributed by atoms with Crippen LogP contribution in [0.1, 0.15) is 11.1 Å². The first-order valence-corrected chi connectivity index (χ1v) is 6.79. The standard InChI is InChI=1S/C18H15N3/c1-13-10-15-7-3-4-9-17(15)20-18(13)21(2)16-8-5-6-14(11-16)12-19/h3-11H,1-2H3. The summed E-state index contributed by atoms with van der Waals surface area (Å²) in [5.41, 5.74) is 3.69. The van der Waals surface area contributed by atoms with Gasteiger partial charge in [-0.3, -0.25) is 0 Å². The van der Waals surface area contributed by atoms with Crippen molar-refractivity contribution in [2.24, 2.45) is 0 Å². The van der Waals surface area contributed by atoms with Crippen molar-refractivity contribution in [2.75, 3.05) is 11.9 Å². The summed E-state index contributed by atoms with van der Waals surface area (Å²) in [7, 11) is 1.97. The van der Waals surface area contributed by atoms with Crippen molar-refractivity contribution in [3.8, 4) is 6.07 Å². The van der Waals surface area contributed by atoms with Gasteiger partial charge >= 0.3 is 0 Å². The number of hydrogen-bond acceptors (Lipinski definition) is 3. The third-order valence-electron chi connectivity index (χ3n) is 3.57. The number of pyridine rings is 1. The highest BCUT2D eigenvalue weighted by Crippen LogP contribution is 2.28. The molecule has 1 aromatic heterocycles. The lowest BCUT2D eigenvalue weighted by atomic mass is 10.1. The summed E-state index contributed by atoms with van der Waals surface area (Å²) in [5, 5.41) is 10.2. The molecule has 0 spiro atoms. The van der Waals surface area contributed by atoms with Gasteiger partial charge in [-0.05, 0) is 42.8 Å². The van der Waals surface area contributed by atoms with Crippen molar-refractivity contribution in [1.82, 2.24) is 4.98 Å². The van der Waals surface area contributed by atoms with Gasteiger partial charge in [0, 0.05) is 18.1 Å². The van der Waals surface area contributed by atoms with E-state index in [1.807, 2.05) is 48.3 Å². The van der Waals surface area contributed by atoms with E-state index < -0.39 is 0 Å². The van der Waals surface area contributed by atoms with Crippen molar-refractivity contribution in [2.45, 2.75) is 6.92 Å². The van der Waals surface area contributed by atoms with Gasteiger partial charge in [0.1, 0.15) is 5.82 Å². The van der Waals surface area contributed by atoms with Gasteiger partial charge in [-0.15, -0.1) is 0 Å². The molecule has 0 aliphatic carbocycles. The first-order valence-electron chi connectivity index (χ1n) is 6.79. The van der Waals surface area contributed by atoms with E-state index in [0.29, 0.717) is 5.56 Å². The highest BCUT2D eigenvalue weighted by atomic mass is 15.2. The molecular weight excluding hydrogens is 258 g/mol. The van der Waals surface area contributed by atoms with Gasteiger partial charge < -0.3 is 4.90 Å². The zero-order valence-electron chi connectivity index (χ0n) is 12.0. The molecule has 0 unspecified atom stereocenters. The van der Waals surface area contributed by atoms with Gasteiger partial charge in [0.05, 0.1) is 17.1 Å². The molecule has 0 amide bonds. The summed E-state index contributed by atoms with van der Waals surface area (Å²) in [6.07, 6.45) is 0. The number of aryl methyl sites for hydroxylation is 1. The van der Waals surface area contributed by atoms with E-state index in [0.717, 1.165) is 28.0 Å². The minimum absolute atomic E-state index is 0.651. The topological polar surface area (TPSA) is 39.9 Å². The molecule has 3 heteroatoms. The van der Waals surface area contributed by atoms with Crippen LogP contribution in [0.4, 0.5) is 11.5 Å². The highest BCUT2D eigenvalue weighted by molar-refractivity contribution is 5.82. The molecular formula is C18H15N3. The molecule has 2 aromatic carbocycles. The van der Waals surface area contributed by atoms with Crippen LogP contribution in [0.25, 0.3) is 10.9 Å². The Labute approximate surface area is 124 Å². The Bertz CT molecular complexity index is 846. The molecule has 0 fully saturated rings. The minimum Gasteiger partial charge on any atom is -0.329 e. The number of rotatable bonds is 2. The van der Waals surface area contributed by atoms with Gasteiger partial charge in [0.25, 0.3) is 0 Å². The Balaban J connectivity index is 2.10. The molecule has 102 valence electrons. The molecule has 0 N–H and O–H groups in total. The lowest BCUT2D eigenvalue weighted by molar-refractivity contribution is 1.12. The Hall–Kier alpha value is -2.86. The first-order chi connectivity index (χ1) is 10.2. The Morgan fingerprint density at radius 2 is 1.86 bits per heavy atom. The molecule has 0 atom stereocenters. The second kappa shape index (κ2) is 5.26. The molecule has 3 rings (SSSR count). The zero-order valence-corrected chi connectivity index (χ0v) is 12.0. The summed E-state index contributed by atoms with van der Waals surface area (Å²) in [4.78, 5) is 6.77. The molecule has 21 heavy (non-hydrogen) atoms. The van der Waals surface area contributed by atoms with Crippen LogP contribution in [-0.4, -0.2) is 12.0 Å². The molecule has 3 nitrogen and oxygen atoms in total. The second-order valence-corrected chi connectivity index (χ2v) is 5.04. The minimum atomic E-state index is 0.651. The van der Waals surface area contributed by atoms with Crippen molar-refractivity contribution in [3.05, 3.63) is 65.7 Å². The Morgan fingerprint density at radius 1 is 1.05 bits per heavy atom. The fourth-order valence-electron chi connectivity index (χ4n) is 2.46. The Kier molecular flexibility index (Phi) is 3.29. The van der Waals surface area contributed by atoms with Crippen molar-refractivity contribution in [1.29, 1.82) is 5.26 Å². The number of hydrogen-bond donors (Lipinski definition) is 0. The average Bonchev–Trinajstić information content (AvgIpc) is 2.53. The number of benzene rings is 2. The van der Waals surface area contributed by atoms with Crippen LogP contribution in [0.3, 0.4) is 0 Å². The molecule has 0 bridgehead atoms. The number of fused-ring (bicyclic) bond motifs is 1. The largest absolute Gasteiger partial charge is 0.329 e. The third-order valence-corrected chi connectivity index (χ3v) is 3.57. The lowest BCUT2D eigenvalue weighted by Gasteiger charge is -2.21. The zero-order chi connectivity index (χ0) is 14.8.